The molecule has 1 unspecified atom stereocenters. The number of piperidine rings is 1. The van der Waals surface area contributed by atoms with Gasteiger partial charge in [0.1, 0.15) is 0 Å². The fourth-order valence-electron chi connectivity index (χ4n) is 2.20. The monoisotopic (exact) mass is 206 g/mol. The molecule has 82 valence electrons. The maximum absolute atomic E-state index is 9.45. The Balaban J connectivity index is 2.09. The maximum atomic E-state index is 9.45. The van der Waals surface area contributed by atoms with Gasteiger partial charge in [0.15, 0.2) is 0 Å². The number of hydrogen-bond acceptors (Lipinski definition) is 3. The molecule has 1 aromatic rings. The first-order valence-electron chi connectivity index (χ1n) is 5.67. The lowest BCUT2D eigenvalue weighted by atomic mass is 10.1. The molecule has 2 rings (SSSR count). The third-order valence-corrected chi connectivity index (χ3v) is 3.03. The lowest BCUT2D eigenvalue weighted by molar-refractivity contribution is 0.102. The molecule has 0 amide bonds. The summed E-state index contributed by atoms with van der Waals surface area (Å²) in [5, 5.41) is 9.45. The predicted octanol–water partition coefficient (Wildman–Crippen LogP) is 1.60. The second kappa shape index (κ2) is 5.24. The minimum Gasteiger partial charge on any atom is -0.394 e. The van der Waals surface area contributed by atoms with Crippen LogP contribution in [0.15, 0.2) is 24.4 Å². The Labute approximate surface area is 90.8 Å². The molecule has 15 heavy (non-hydrogen) atoms. The highest BCUT2D eigenvalue weighted by Gasteiger charge is 2.21. The molecule has 0 spiro atoms. The number of aliphatic hydroxyl groups excluding tert-OH is 1. The molecule has 0 radical (unpaired) electrons. The molecule has 3 heteroatoms. The van der Waals surface area contributed by atoms with Crippen LogP contribution in [0, 0.1) is 0 Å². The van der Waals surface area contributed by atoms with E-state index in [1.807, 2.05) is 18.2 Å². The summed E-state index contributed by atoms with van der Waals surface area (Å²) < 4.78 is 0. The van der Waals surface area contributed by atoms with Gasteiger partial charge in [0.2, 0.25) is 0 Å². The van der Waals surface area contributed by atoms with E-state index in [4.69, 9.17) is 0 Å². The lowest BCUT2D eigenvalue weighted by Crippen LogP contribution is -2.35. The van der Waals surface area contributed by atoms with E-state index in [-0.39, 0.29) is 12.6 Å². The van der Waals surface area contributed by atoms with Crippen LogP contribution in [0.1, 0.15) is 31.0 Å². The summed E-state index contributed by atoms with van der Waals surface area (Å²) in [6.45, 7) is 2.33. The van der Waals surface area contributed by atoms with Crippen molar-refractivity contribution in [3.05, 3.63) is 30.1 Å². The molecule has 3 nitrogen and oxygen atoms in total. The zero-order chi connectivity index (χ0) is 10.5. The van der Waals surface area contributed by atoms with Crippen LogP contribution in [0.4, 0.5) is 0 Å². The Kier molecular flexibility index (Phi) is 3.69. The molecular weight excluding hydrogens is 188 g/mol. The summed E-state index contributed by atoms with van der Waals surface area (Å²) in [6.07, 6.45) is 5.59. The van der Waals surface area contributed by atoms with Gasteiger partial charge >= 0.3 is 0 Å². The van der Waals surface area contributed by atoms with Crippen molar-refractivity contribution in [1.82, 2.24) is 9.88 Å². The fraction of sp³-hybridized carbons (Fsp3) is 0.583. The van der Waals surface area contributed by atoms with Crippen LogP contribution in [0.5, 0.6) is 0 Å². The molecule has 1 aliphatic rings. The van der Waals surface area contributed by atoms with E-state index < -0.39 is 0 Å². The Hall–Kier alpha value is -0.930. The Morgan fingerprint density at radius 1 is 1.27 bits per heavy atom. The van der Waals surface area contributed by atoms with E-state index in [0.717, 1.165) is 18.8 Å². The van der Waals surface area contributed by atoms with Crippen molar-refractivity contribution in [3.8, 4) is 0 Å². The smallest absolute Gasteiger partial charge is 0.0754 e. The minimum atomic E-state index is 0.0894. The molecule has 0 saturated carbocycles. The van der Waals surface area contributed by atoms with Gasteiger partial charge in [0.25, 0.3) is 0 Å². The lowest BCUT2D eigenvalue weighted by Gasteiger charge is -2.33. The van der Waals surface area contributed by atoms with Gasteiger partial charge in [-0.15, -0.1) is 0 Å². The summed E-state index contributed by atoms with van der Waals surface area (Å²) in [7, 11) is 0. The van der Waals surface area contributed by atoms with Crippen LogP contribution >= 0.6 is 0 Å². The number of nitrogens with zero attached hydrogens (tertiary/aromatic N) is 2. The van der Waals surface area contributed by atoms with Crippen molar-refractivity contribution in [1.29, 1.82) is 0 Å². The first-order valence-corrected chi connectivity index (χ1v) is 5.67. The van der Waals surface area contributed by atoms with Crippen LogP contribution in [0.25, 0.3) is 0 Å². The average Bonchev–Trinajstić information content (AvgIpc) is 2.33. The summed E-state index contributed by atoms with van der Waals surface area (Å²) in [4.78, 5) is 6.66. The van der Waals surface area contributed by atoms with Crippen LogP contribution < -0.4 is 0 Å². The van der Waals surface area contributed by atoms with Crippen LogP contribution in [-0.2, 0) is 0 Å². The van der Waals surface area contributed by atoms with Crippen molar-refractivity contribution in [3.63, 3.8) is 0 Å². The van der Waals surface area contributed by atoms with Crippen LogP contribution in [0.2, 0.25) is 0 Å². The zero-order valence-corrected chi connectivity index (χ0v) is 8.97. The van der Waals surface area contributed by atoms with E-state index in [1.165, 1.54) is 19.3 Å². The normalized spacial score (nSPS) is 20.1. The van der Waals surface area contributed by atoms with Gasteiger partial charge in [0, 0.05) is 6.20 Å². The molecule has 0 bridgehead atoms. The van der Waals surface area contributed by atoms with Crippen LogP contribution in [-0.4, -0.2) is 34.7 Å². The second-order valence-corrected chi connectivity index (χ2v) is 4.05. The number of likely N-dealkylation sites (tertiary alicyclic amines) is 1. The number of hydrogen-bond donors (Lipinski definition) is 1. The Morgan fingerprint density at radius 3 is 2.67 bits per heavy atom. The van der Waals surface area contributed by atoms with E-state index in [0.29, 0.717) is 0 Å². The van der Waals surface area contributed by atoms with Gasteiger partial charge < -0.3 is 5.11 Å². The average molecular weight is 206 g/mol. The largest absolute Gasteiger partial charge is 0.394 e. The fourth-order valence-corrected chi connectivity index (χ4v) is 2.20. The number of rotatable bonds is 3. The number of pyridine rings is 1. The molecule has 1 aliphatic heterocycles. The van der Waals surface area contributed by atoms with Crippen molar-refractivity contribution in [2.24, 2.45) is 0 Å². The first-order chi connectivity index (χ1) is 7.42. The molecular formula is C12H18N2O. The Bertz CT molecular complexity index is 283. The third kappa shape index (κ3) is 2.55. The standard InChI is InChI=1S/C12H18N2O/c15-10-12(11-6-2-3-7-13-11)14-8-4-1-5-9-14/h2-3,6-7,12,15H,1,4-5,8-10H2. The van der Waals surface area contributed by atoms with Gasteiger partial charge in [-0.3, -0.25) is 9.88 Å². The summed E-state index contributed by atoms with van der Waals surface area (Å²) >= 11 is 0. The highest BCUT2D eigenvalue weighted by molar-refractivity contribution is 5.09. The molecule has 1 fully saturated rings. The van der Waals surface area contributed by atoms with Gasteiger partial charge in [-0.25, -0.2) is 0 Å². The Morgan fingerprint density at radius 2 is 2.07 bits per heavy atom. The molecule has 1 atom stereocenters. The van der Waals surface area contributed by atoms with Crippen molar-refractivity contribution >= 4 is 0 Å². The van der Waals surface area contributed by atoms with Gasteiger partial charge in [0.05, 0.1) is 18.3 Å². The minimum absolute atomic E-state index is 0.0894. The summed E-state index contributed by atoms with van der Waals surface area (Å²) in [6, 6.07) is 5.98. The maximum Gasteiger partial charge on any atom is 0.0754 e. The molecule has 1 saturated heterocycles. The number of aromatic nitrogens is 1. The zero-order valence-electron chi connectivity index (χ0n) is 8.97. The highest BCUT2D eigenvalue weighted by Crippen LogP contribution is 2.22. The topological polar surface area (TPSA) is 36.4 Å². The molecule has 2 heterocycles. The third-order valence-electron chi connectivity index (χ3n) is 3.03. The van der Waals surface area contributed by atoms with Gasteiger partial charge in [-0.2, -0.15) is 0 Å². The molecule has 1 aromatic heterocycles. The van der Waals surface area contributed by atoms with E-state index in [2.05, 4.69) is 9.88 Å². The van der Waals surface area contributed by atoms with Gasteiger partial charge in [-0.1, -0.05) is 12.5 Å². The molecule has 0 aliphatic carbocycles. The number of aliphatic hydroxyl groups is 1. The quantitative estimate of drug-likeness (QED) is 0.816. The summed E-state index contributed by atoms with van der Waals surface area (Å²) in [5.74, 6) is 0. The van der Waals surface area contributed by atoms with Crippen molar-refractivity contribution < 1.29 is 5.11 Å². The predicted molar refractivity (Wildman–Crippen MR) is 59.5 cm³/mol. The summed E-state index contributed by atoms with van der Waals surface area (Å²) in [5.41, 5.74) is 0.988. The van der Waals surface area contributed by atoms with E-state index in [9.17, 15) is 5.11 Å². The van der Waals surface area contributed by atoms with Crippen LogP contribution in [0.3, 0.4) is 0 Å². The van der Waals surface area contributed by atoms with Gasteiger partial charge in [-0.05, 0) is 38.1 Å². The first kappa shape index (κ1) is 10.6. The molecule has 1 N–H and O–H groups in total. The SMILES string of the molecule is OCC(c1ccccn1)N1CCCCC1. The van der Waals surface area contributed by atoms with E-state index >= 15 is 0 Å². The van der Waals surface area contributed by atoms with E-state index in [1.54, 1.807) is 6.20 Å². The molecule has 0 aromatic carbocycles. The van der Waals surface area contributed by atoms with Crippen molar-refractivity contribution in [2.45, 2.75) is 25.3 Å². The van der Waals surface area contributed by atoms with Crippen molar-refractivity contribution in [2.75, 3.05) is 19.7 Å². The highest BCUT2D eigenvalue weighted by atomic mass is 16.3. The second-order valence-electron chi connectivity index (χ2n) is 4.05.